The standard InChI is InChI=1S/C14H18BrN3O3S.ClH/c1-10(19)18-14-3-2-12(8-13(14)15)22(20,21)17-9-11-4-6-16-7-5-11;/h2-4,8,16-17H,5-7,9H2,1H3,(H,18,19);1H. The highest BCUT2D eigenvalue weighted by molar-refractivity contribution is 9.10. The highest BCUT2D eigenvalue weighted by Gasteiger charge is 2.16. The summed E-state index contributed by atoms with van der Waals surface area (Å²) in [5.41, 5.74) is 1.61. The topological polar surface area (TPSA) is 87.3 Å². The van der Waals surface area contributed by atoms with E-state index in [4.69, 9.17) is 0 Å². The molecule has 0 bridgehead atoms. The van der Waals surface area contributed by atoms with Gasteiger partial charge in [-0.2, -0.15) is 0 Å². The molecular weight excluding hydrogens is 406 g/mol. The van der Waals surface area contributed by atoms with Crippen molar-refractivity contribution < 1.29 is 13.2 Å². The number of anilines is 1. The SMILES string of the molecule is CC(=O)Nc1ccc(S(=O)(=O)NCC2=CCNCC2)cc1Br.Cl. The van der Waals surface area contributed by atoms with Crippen molar-refractivity contribution in [1.82, 2.24) is 10.0 Å². The fourth-order valence-electron chi connectivity index (χ4n) is 2.06. The number of carbonyl (C=O) groups is 1. The number of amides is 1. The number of hydrogen-bond donors (Lipinski definition) is 3. The highest BCUT2D eigenvalue weighted by atomic mass is 79.9. The average molecular weight is 425 g/mol. The van der Waals surface area contributed by atoms with Crippen molar-refractivity contribution in [2.75, 3.05) is 25.0 Å². The zero-order valence-corrected chi connectivity index (χ0v) is 15.8. The second-order valence-corrected chi connectivity index (χ2v) is 7.59. The largest absolute Gasteiger partial charge is 0.325 e. The number of benzene rings is 1. The first-order valence-electron chi connectivity index (χ1n) is 6.84. The molecule has 23 heavy (non-hydrogen) atoms. The maximum atomic E-state index is 12.3. The van der Waals surface area contributed by atoms with E-state index < -0.39 is 10.0 Å². The molecule has 0 saturated heterocycles. The van der Waals surface area contributed by atoms with Crippen LogP contribution in [0, 0.1) is 0 Å². The van der Waals surface area contributed by atoms with Crippen LogP contribution in [0.4, 0.5) is 5.69 Å². The van der Waals surface area contributed by atoms with Gasteiger partial charge >= 0.3 is 0 Å². The Balaban J connectivity index is 0.00000264. The van der Waals surface area contributed by atoms with Crippen LogP contribution in [-0.2, 0) is 14.8 Å². The number of sulfonamides is 1. The summed E-state index contributed by atoms with van der Waals surface area (Å²) in [6.07, 6.45) is 2.84. The van der Waals surface area contributed by atoms with Crippen LogP contribution in [0.15, 0.2) is 39.2 Å². The van der Waals surface area contributed by atoms with E-state index in [0.717, 1.165) is 25.1 Å². The third kappa shape index (κ3) is 5.89. The van der Waals surface area contributed by atoms with E-state index in [-0.39, 0.29) is 23.2 Å². The van der Waals surface area contributed by atoms with Crippen LogP contribution in [0.1, 0.15) is 13.3 Å². The summed E-state index contributed by atoms with van der Waals surface area (Å²) in [7, 11) is -3.58. The Morgan fingerprint density at radius 3 is 2.70 bits per heavy atom. The fraction of sp³-hybridized carbons (Fsp3) is 0.357. The van der Waals surface area contributed by atoms with Crippen molar-refractivity contribution in [3.05, 3.63) is 34.3 Å². The molecule has 9 heteroatoms. The van der Waals surface area contributed by atoms with Gasteiger partial charge in [0.15, 0.2) is 0 Å². The van der Waals surface area contributed by atoms with Gasteiger partial charge in [-0.1, -0.05) is 11.6 Å². The molecule has 1 aliphatic heterocycles. The minimum Gasteiger partial charge on any atom is -0.325 e. The van der Waals surface area contributed by atoms with Crippen LogP contribution in [0.25, 0.3) is 0 Å². The predicted molar refractivity (Wildman–Crippen MR) is 96.5 cm³/mol. The summed E-state index contributed by atoms with van der Waals surface area (Å²) in [6.45, 7) is 3.35. The van der Waals surface area contributed by atoms with Crippen molar-refractivity contribution in [2.45, 2.75) is 18.2 Å². The van der Waals surface area contributed by atoms with Gasteiger partial charge in [-0.05, 0) is 47.1 Å². The fourth-order valence-corrected chi connectivity index (χ4v) is 3.75. The minimum absolute atomic E-state index is 0. The van der Waals surface area contributed by atoms with E-state index in [1.54, 1.807) is 6.07 Å². The van der Waals surface area contributed by atoms with Gasteiger partial charge in [-0.15, -0.1) is 12.4 Å². The first-order chi connectivity index (χ1) is 10.4. The van der Waals surface area contributed by atoms with Gasteiger partial charge in [-0.3, -0.25) is 4.79 Å². The molecule has 0 atom stereocenters. The van der Waals surface area contributed by atoms with Crippen molar-refractivity contribution in [3.63, 3.8) is 0 Å². The van der Waals surface area contributed by atoms with Crippen molar-refractivity contribution in [2.24, 2.45) is 0 Å². The third-order valence-corrected chi connectivity index (χ3v) is 5.26. The van der Waals surface area contributed by atoms with Crippen LogP contribution >= 0.6 is 28.3 Å². The maximum absolute atomic E-state index is 12.3. The lowest BCUT2D eigenvalue weighted by Gasteiger charge is -2.15. The molecule has 0 unspecified atom stereocenters. The first-order valence-corrected chi connectivity index (χ1v) is 9.11. The van der Waals surface area contributed by atoms with Gasteiger partial charge in [0, 0.05) is 24.5 Å². The first kappa shape index (κ1) is 20.1. The molecule has 0 saturated carbocycles. The lowest BCUT2D eigenvalue weighted by atomic mass is 10.1. The molecule has 1 heterocycles. The summed E-state index contributed by atoms with van der Waals surface area (Å²) >= 11 is 3.27. The van der Waals surface area contributed by atoms with E-state index in [1.807, 2.05) is 6.08 Å². The van der Waals surface area contributed by atoms with E-state index in [0.29, 0.717) is 16.7 Å². The molecule has 1 aliphatic rings. The van der Waals surface area contributed by atoms with Gasteiger partial charge in [0.1, 0.15) is 0 Å². The third-order valence-electron chi connectivity index (χ3n) is 3.21. The number of nitrogens with one attached hydrogen (secondary N) is 3. The Morgan fingerprint density at radius 1 is 1.39 bits per heavy atom. The summed E-state index contributed by atoms with van der Waals surface area (Å²) in [5.74, 6) is -0.215. The second kappa shape index (κ2) is 8.79. The molecule has 0 fully saturated rings. The van der Waals surface area contributed by atoms with E-state index in [9.17, 15) is 13.2 Å². The van der Waals surface area contributed by atoms with E-state index >= 15 is 0 Å². The van der Waals surface area contributed by atoms with E-state index in [1.165, 1.54) is 19.1 Å². The number of hydrogen-bond acceptors (Lipinski definition) is 4. The summed E-state index contributed by atoms with van der Waals surface area (Å²) < 4.78 is 27.7. The monoisotopic (exact) mass is 423 g/mol. The quantitative estimate of drug-likeness (QED) is 0.631. The average Bonchev–Trinajstić information content (AvgIpc) is 2.48. The Labute approximate surface area is 150 Å². The number of carbonyl (C=O) groups excluding carboxylic acids is 1. The summed E-state index contributed by atoms with van der Waals surface area (Å²) in [6, 6.07) is 4.50. The summed E-state index contributed by atoms with van der Waals surface area (Å²) in [4.78, 5) is 11.2. The van der Waals surface area contributed by atoms with Gasteiger partial charge in [0.2, 0.25) is 15.9 Å². The maximum Gasteiger partial charge on any atom is 0.240 e. The molecule has 0 radical (unpaired) electrons. The Hall–Kier alpha value is -0.930. The second-order valence-electron chi connectivity index (χ2n) is 4.96. The number of rotatable bonds is 5. The normalized spacial score (nSPS) is 14.6. The highest BCUT2D eigenvalue weighted by Crippen LogP contribution is 2.25. The molecular formula is C14H19BrClN3O3S. The molecule has 1 aromatic carbocycles. The molecule has 1 amide bonds. The summed E-state index contributed by atoms with van der Waals surface area (Å²) in [5, 5.41) is 5.80. The zero-order chi connectivity index (χ0) is 16.2. The van der Waals surface area contributed by atoms with Gasteiger partial charge < -0.3 is 10.6 Å². The zero-order valence-electron chi connectivity index (χ0n) is 12.6. The molecule has 6 nitrogen and oxygen atoms in total. The van der Waals surface area contributed by atoms with Crippen LogP contribution in [-0.4, -0.2) is 34.0 Å². The molecule has 128 valence electrons. The molecule has 2 rings (SSSR count). The smallest absolute Gasteiger partial charge is 0.240 e. The predicted octanol–water partition coefficient (Wildman–Crippen LogP) is 2.03. The van der Waals surface area contributed by atoms with Crippen molar-refractivity contribution in [1.29, 1.82) is 0 Å². The number of halogens is 2. The van der Waals surface area contributed by atoms with Gasteiger partial charge in [0.25, 0.3) is 0 Å². The molecule has 3 N–H and O–H groups in total. The Bertz CT molecular complexity index is 707. The van der Waals surface area contributed by atoms with E-state index in [2.05, 4.69) is 31.3 Å². The molecule has 0 spiro atoms. The van der Waals surface area contributed by atoms with Crippen molar-refractivity contribution in [3.8, 4) is 0 Å². The van der Waals surface area contributed by atoms with Crippen LogP contribution in [0.5, 0.6) is 0 Å². The molecule has 0 aromatic heterocycles. The van der Waals surface area contributed by atoms with Gasteiger partial charge in [0.05, 0.1) is 10.6 Å². The molecule has 0 aliphatic carbocycles. The lowest BCUT2D eigenvalue weighted by molar-refractivity contribution is -0.114. The Morgan fingerprint density at radius 2 is 2.13 bits per heavy atom. The Kier molecular flexibility index (Phi) is 7.69. The minimum atomic E-state index is -3.58. The van der Waals surface area contributed by atoms with Gasteiger partial charge in [-0.25, -0.2) is 13.1 Å². The van der Waals surface area contributed by atoms with Crippen LogP contribution < -0.4 is 15.4 Å². The van der Waals surface area contributed by atoms with Crippen molar-refractivity contribution >= 4 is 50.0 Å². The van der Waals surface area contributed by atoms with Crippen LogP contribution in [0.3, 0.4) is 0 Å². The molecule has 1 aromatic rings. The lowest BCUT2D eigenvalue weighted by Crippen LogP contribution is -2.29. The van der Waals surface area contributed by atoms with Crippen LogP contribution in [0.2, 0.25) is 0 Å².